The van der Waals surface area contributed by atoms with Crippen LogP contribution in [-0.2, 0) is 14.3 Å². The first-order chi connectivity index (χ1) is 14.9. The molecule has 0 aliphatic carbocycles. The lowest BCUT2D eigenvalue weighted by Gasteiger charge is -2.41. The number of ether oxygens (including phenoxy) is 3. The average Bonchev–Trinajstić information content (AvgIpc) is 2.67. The van der Waals surface area contributed by atoms with E-state index >= 15 is 0 Å². The second kappa shape index (κ2) is 9.54. The molecule has 170 valence electrons. The fourth-order valence-corrected chi connectivity index (χ4v) is 4.01. The molecule has 4 rings (SSSR count). The van der Waals surface area contributed by atoms with Gasteiger partial charge < -0.3 is 24.8 Å². The van der Waals surface area contributed by atoms with Gasteiger partial charge in [-0.05, 0) is 45.2 Å². The molecule has 0 radical (unpaired) electrons. The molecule has 8 nitrogen and oxygen atoms in total. The monoisotopic (exact) mass is 431 g/mol. The topological polar surface area (TPSA) is 89.1 Å². The molecule has 1 atom stereocenters. The van der Waals surface area contributed by atoms with Gasteiger partial charge >= 0.3 is 0 Å². The van der Waals surface area contributed by atoms with Gasteiger partial charge in [-0.3, -0.25) is 14.5 Å². The van der Waals surface area contributed by atoms with E-state index in [0.29, 0.717) is 23.9 Å². The van der Waals surface area contributed by atoms with Crippen molar-refractivity contribution in [3.8, 4) is 5.75 Å². The van der Waals surface area contributed by atoms with E-state index in [4.69, 9.17) is 14.2 Å². The summed E-state index contributed by atoms with van der Waals surface area (Å²) in [5.74, 6) is 0.000131. The van der Waals surface area contributed by atoms with Crippen LogP contribution in [0.3, 0.4) is 0 Å². The van der Waals surface area contributed by atoms with Crippen LogP contribution in [0.2, 0.25) is 0 Å². The summed E-state index contributed by atoms with van der Waals surface area (Å²) in [6.07, 6.45) is 2.88. The zero-order valence-corrected chi connectivity index (χ0v) is 18.4. The molecule has 31 heavy (non-hydrogen) atoms. The van der Waals surface area contributed by atoms with Crippen molar-refractivity contribution in [2.45, 2.75) is 56.9 Å². The number of nitrogens with zero attached hydrogens (tertiary/aromatic N) is 1. The fourth-order valence-electron chi connectivity index (χ4n) is 4.01. The lowest BCUT2D eigenvalue weighted by atomic mass is 10.0. The van der Waals surface area contributed by atoms with Gasteiger partial charge in [0.25, 0.3) is 11.8 Å². The van der Waals surface area contributed by atoms with Crippen LogP contribution in [0.1, 0.15) is 43.5 Å². The Morgan fingerprint density at radius 2 is 1.87 bits per heavy atom. The first-order valence-electron chi connectivity index (χ1n) is 11.2. The number of likely N-dealkylation sites (tertiary alicyclic amines) is 1. The Bertz CT molecular complexity index is 783. The number of benzene rings is 1. The molecule has 3 heterocycles. The summed E-state index contributed by atoms with van der Waals surface area (Å²) in [7, 11) is 0. The SMILES string of the molecule is CC(C)(Oc1ccccc1C(=O)NCC1CCO1)C(=O)NC1CCN(C2COC2)CC1. The molecule has 8 heteroatoms. The molecule has 1 aromatic rings. The number of hydrogen-bond donors (Lipinski definition) is 2. The maximum atomic E-state index is 13.0. The molecule has 0 spiro atoms. The van der Waals surface area contributed by atoms with Gasteiger partial charge in [-0.1, -0.05) is 12.1 Å². The summed E-state index contributed by atoms with van der Waals surface area (Å²) in [5, 5.41) is 6.03. The van der Waals surface area contributed by atoms with Crippen molar-refractivity contribution in [2.24, 2.45) is 0 Å². The third-order valence-electron chi connectivity index (χ3n) is 6.33. The van der Waals surface area contributed by atoms with Gasteiger partial charge in [-0.25, -0.2) is 0 Å². The summed E-state index contributed by atoms with van der Waals surface area (Å²) < 4.78 is 16.7. The number of para-hydroxylation sites is 1. The third-order valence-corrected chi connectivity index (χ3v) is 6.33. The maximum absolute atomic E-state index is 13.0. The lowest BCUT2D eigenvalue weighted by molar-refractivity contribution is -0.135. The average molecular weight is 432 g/mol. The minimum atomic E-state index is -1.10. The molecule has 3 saturated heterocycles. The molecule has 3 aliphatic heterocycles. The number of hydrogen-bond acceptors (Lipinski definition) is 6. The number of piperidine rings is 1. The van der Waals surface area contributed by atoms with Crippen molar-refractivity contribution in [1.82, 2.24) is 15.5 Å². The van der Waals surface area contributed by atoms with Crippen molar-refractivity contribution >= 4 is 11.8 Å². The van der Waals surface area contributed by atoms with Gasteiger partial charge in [-0.2, -0.15) is 0 Å². The number of rotatable bonds is 8. The molecule has 3 fully saturated rings. The third kappa shape index (κ3) is 5.37. The highest BCUT2D eigenvalue weighted by Gasteiger charge is 2.35. The zero-order chi connectivity index (χ0) is 21.8. The Hall–Kier alpha value is -2.16. The number of amides is 2. The van der Waals surface area contributed by atoms with Crippen LogP contribution in [0.25, 0.3) is 0 Å². The first-order valence-corrected chi connectivity index (χ1v) is 11.2. The Labute approximate surface area is 183 Å². The first kappa shape index (κ1) is 22.0. The van der Waals surface area contributed by atoms with Crippen LogP contribution >= 0.6 is 0 Å². The largest absolute Gasteiger partial charge is 0.477 e. The van der Waals surface area contributed by atoms with E-state index in [1.807, 2.05) is 0 Å². The Morgan fingerprint density at radius 3 is 2.48 bits per heavy atom. The second-order valence-corrected chi connectivity index (χ2v) is 9.08. The van der Waals surface area contributed by atoms with E-state index in [-0.39, 0.29) is 24.0 Å². The van der Waals surface area contributed by atoms with Gasteiger partial charge in [0.1, 0.15) is 5.75 Å². The quantitative estimate of drug-likeness (QED) is 0.646. The van der Waals surface area contributed by atoms with E-state index in [2.05, 4.69) is 15.5 Å². The smallest absolute Gasteiger partial charge is 0.263 e. The van der Waals surface area contributed by atoms with Crippen LogP contribution in [0.5, 0.6) is 5.75 Å². The van der Waals surface area contributed by atoms with Crippen molar-refractivity contribution in [1.29, 1.82) is 0 Å². The summed E-state index contributed by atoms with van der Waals surface area (Å²) in [6, 6.07) is 7.69. The van der Waals surface area contributed by atoms with Gasteiger partial charge in [0, 0.05) is 32.3 Å². The number of carbonyl (C=O) groups excluding carboxylic acids is 2. The van der Waals surface area contributed by atoms with Crippen LogP contribution in [0.15, 0.2) is 24.3 Å². The Balaban J connectivity index is 1.31. The molecular weight excluding hydrogens is 398 g/mol. The van der Waals surface area contributed by atoms with Gasteiger partial charge in [0.05, 0.1) is 30.9 Å². The highest BCUT2D eigenvalue weighted by Crippen LogP contribution is 2.25. The van der Waals surface area contributed by atoms with E-state index in [1.165, 1.54) is 0 Å². The molecule has 1 unspecified atom stereocenters. The molecule has 2 amide bonds. The highest BCUT2D eigenvalue weighted by molar-refractivity contribution is 5.97. The Morgan fingerprint density at radius 1 is 1.16 bits per heavy atom. The second-order valence-electron chi connectivity index (χ2n) is 9.08. The normalized spacial score (nSPS) is 22.8. The van der Waals surface area contributed by atoms with E-state index < -0.39 is 5.60 Å². The summed E-state index contributed by atoms with van der Waals surface area (Å²) in [4.78, 5) is 28.1. The van der Waals surface area contributed by atoms with Gasteiger partial charge in [0.15, 0.2) is 5.60 Å². The summed E-state index contributed by atoms with van der Waals surface area (Å²) in [5.41, 5.74) is -0.689. The molecule has 2 N–H and O–H groups in total. The highest BCUT2D eigenvalue weighted by atomic mass is 16.5. The van der Waals surface area contributed by atoms with Gasteiger partial charge in [-0.15, -0.1) is 0 Å². The van der Waals surface area contributed by atoms with E-state index in [9.17, 15) is 9.59 Å². The minimum Gasteiger partial charge on any atom is -0.477 e. The van der Waals surface area contributed by atoms with Crippen LogP contribution < -0.4 is 15.4 Å². The molecule has 0 bridgehead atoms. The van der Waals surface area contributed by atoms with Crippen molar-refractivity contribution in [3.63, 3.8) is 0 Å². The molecule has 1 aromatic carbocycles. The maximum Gasteiger partial charge on any atom is 0.263 e. The van der Waals surface area contributed by atoms with Crippen molar-refractivity contribution in [3.05, 3.63) is 29.8 Å². The minimum absolute atomic E-state index is 0.0856. The Kier molecular flexibility index (Phi) is 6.79. The fraction of sp³-hybridized carbons (Fsp3) is 0.652. The number of nitrogens with one attached hydrogen (secondary N) is 2. The molecule has 0 aromatic heterocycles. The zero-order valence-electron chi connectivity index (χ0n) is 18.4. The number of carbonyl (C=O) groups is 2. The van der Waals surface area contributed by atoms with Crippen LogP contribution in [0, 0.1) is 0 Å². The van der Waals surface area contributed by atoms with Crippen molar-refractivity contribution < 1.29 is 23.8 Å². The predicted molar refractivity (Wildman–Crippen MR) is 115 cm³/mol. The van der Waals surface area contributed by atoms with Crippen LogP contribution in [0.4, 0.5) is 0 Å². The van der Waals surface area contributed by atoms with Crippen LogP contribution in [-0.4, -0.2) is 80.0 Å². The summed E-state index contributed by atoms with van der Waals surface area (Å²) in [6.45, 7) is 8.26. The molecular formula is C23H33N3O5. The van der Waals surface area contributed by atoms with E-state index in [1.54, 1.807) is 38.1 Å². The lowest BCUT2D eigenvalue weighted by Crippen LogP contribution is -2.56. The predicted octanol–water partition coefficient (Wildman–Crippen LogP) is 1.34. The molecule has 3 aliphatic rings. The summed E-state index contributed by atoms with van der Waals surface area (Å²) >= 11 is 0. The molecule has 0 saturated carbocycles. The van der Waals surface area contributed by atoms with Crippen molar-refractivity contribution in [2.75, 3.05) is 39.5 Å². The van der Waals surface area contributed by atoms with E-state index in [0.717, 1.165) is 52.2 Å². The standard InChI is InChI=1S/C23H33N3O5/c1-23(2,22(28)25-16-7-10-26(11-8-16)17-14-29-15-17)31-20-6-4-3-5-19(20)21(27)24-13-18-9-12-30-18/h3-6,16-18H,7-15H2,1-2H3,(H,24,27)(H,25,28). The van der Waals surface area contributed by atoms with Gasteiger partial charge in [0.2, 0.25) is 0 Å².